The van der Waals surface area contributed by atoms with E-state index in [-0.39, 0.29) is 6.10 Å². The maximum absolute atomic E-state index is 12.8. The minimum absolute atomic E-state index is 0.0399. The average Bonchev–Trinajstić information content (AvgIpc) is 2.32. The number of rotatable bonds is 3. The highest BCUT2D eigenvalue weighted by Gasteiger charge is 2.14. The molecule has 88 valence electrons. The summed E-state index contributed by atoms with van der Waals surface area (Å²) in [5, 5.41) is 3.15. The van der Waals surface area contributed by atoms with Crippen LogP contribution in [0.3, 0.4) is 0 Å². The number of nitrogens with one attached hydrogen (secondary N) is 1. The second-order valence-electron chi connectivity index (χ2n) is 3.58. The molecule has 1 atom stereocenters. The average molecular weight is 229 g/mol. The molecule has 1 aliphatic heterocycles. The Hall–Kier alpha value is -1.20. The van der Waals surface area contributed by atoms with Crippen molar-refractivity contribution in [2.24, 2.45) is 0 Å². The molecule has 0 bridgehead atoms. The molecular weight excluding hydrogens is 216 g/mol. The molecule has 0 saturated carbocycles. The maximum atomic E-state index is 12.8. The van der Waals surface area contributed by atoms with E-state index >= 15 is 0 Å². The van der Waals surface area contributed by atoms with Gasteiger partial charge in [-0.3, -0.25) is 0 Å². The van der Waals surface area contributed by atoms with Crippen LogP contribution in [0.1, 0.15) is 0 Å². The van der Waals surface area contributed by atoms with E-state index < -0.39 is 11.6 Å². The molecule has 1 aliphatic rings. The fourth-order valence-electron chi connectivity index (χ4n) is 1.48. The van der Waals surface area contributed by atoms with Gasteiger partial charge in [0.05, 0.1) is 6.61 Å². The van der Waals surface area contributed by atoms with Crippen molar-refractivity contribution in [1.82, 2.24) is 5.32 Å². The van der Waals surface area contributed by atoms with Crippen LogP contribution in [0, 0.1) is 11.6 Å². The lowest BCUT2D eigenvalue weighted by atomic mass is 10.3. The molecule has 2 rings (SSSR count). The minimum atomic E-state index is -0.903. The Balaban J connectivity index is 1.86. The van der Waals surface area contributed by atoms with E-state index in [1.54, 1.807) is 0 Å². The lowest BCUT2D eigenvalue weighted by Crippen LogP contribution is -2.41. The summed E-state index contributed by atoms with van der Waals surface area (Å²) in [6.07, 6.45) is -0.0399. The summed E-state index contributed by atoms with van der Waals surface area (Å²) < 4.78 is 36.2. The van der Waals surface area contributed by atoms with Gasteiger partial charge in [0.15, 0.2) is 11.6 Å². The lowest BCUT2D eigenvalue weighted by Gasteiger charge is -2.23. The van der Waals surface area contributed by atoms with Gasteiger partial charge in [0.1, 0.15) is 18.5 Å². The number of hydrogen-bond acceptors (Lipinski definition) is 3. The first kappa shape index (κ1) is 11.3. The molecule has 16 heavy (non-hydrogen) atoms. The normalized spacial score (nSPS) is 20.8. The first-order chi connectivity index (χ1) is 7.75. The van der Waals surface area contributed by atoms with Crippen molar-refractivity contribution in [3.8, 4) is 5.75 Å². The van der Waals surface area contributed by atoms with Gasteiger partial charge in [0, 0.05) is 19.2 Å². The third-order valence-electron chi connectivity index (χ3n) is 2.33. The van der Waals surface area contributed by atoms with Crippen molar-refractivity contribution < 1.29 is 18.3 Å². The minimum Gasteiger partial charge on any atom is -0.491 e. The Kier molecular flexibility index (Phi) is 3.69. The van der Waals surface area contributed by atoms with Gasteiger partial charge < -0.3 is 14.8 Å². The fourth-order valence-corrected chi connectivity index (χ4v) is 1.48. The summed E-state index contributed by atoms with van der Waals surface area (Å²) in [6, 6.07) is 3.48. The van der Waals surface area contributed by atoms with Crippen LogP contribution in [0.5, 0.6) is 5.75 Å². The molecule has 0 amide bonds. The van der Waals surface area contributed by atoms with E-state index in [1.807, 2.05) is 0 Å². The van der Waals surface area contributed by atoms with Gasteiger partial charge in [-0.25, -0.2) is 8.78 Å². The number of hydrogen-bond donors (Lipinski definition) is 1. The van der Waals surface area contributed by atoms with Gasteiger partial charge in [0.2, 0.25) is 0 Å². The van der Waals surface area contributed by atoms with Gasteiger partial charge in [-0.15, -0.1) is 0 Å². The monoisotopic (exact) mass is 229 g/mol. The molecule has 0 unspecified atom stereocenters. The van der Waals surface area contributed by atoms with E-state index in [0.717, 1.165) is 18.7 Å². The highest BCUT2D eigenvalue weighted by Crippen LogP contribution is 2.15. The summed E-state index contributed by atoms with van der Waals surface area (Å²) in [7, 11) is 0. The van der Waals surface area contributed by atoms with Crippen LogP contribution in [-0.4, -0.2) is 32.4 Å². The van der Waals surface area contributed by atoms with Crippen LogP contribution < -0.4 is 10.1 Å². The standard InChI is InChI=1S/C11H13F2NO2/c12-10-2-1-8(5-11(10)13)16-7-9-6-14-3-4-15-9/h1-2,5,9,14H,3-4,6-7H2/t9-/m1/s1. The molecule has 1 aromatic rings. The van der Waals surface area contributed by atoms with Crippen molar-refractivity contribution >= 4 is 0 Å². The number of morpholine rings is 1. The Morgan fingerprint density at radius 3 is 2.94 bits per heavy atom. The quantitative estimate of drug-likeness (QED) is 0.848. The molecule has 1 heterocycles. The Labute approximate surface area is 92.4 Å². The molecule has 3 nitrogen and oxygen atoms in total. The molecular formula is C11H13F2NO2. The zero-order chi connectivity index (χ0) is 11.4. The number of ether oxygens (including phenoxy) is 2. The summed E-state index contributed by atoms with van der Waals surface area (Å²) >= 11 is 0. The van der Waals surface area contributed by atoms with Crippen LogP contribution >= 0.6 is 0 Å². The second kappa shape index (κ2) is 5.23. The highest BCUT2D eigenvalue weighted by molar-refractivity contribution is 5.23. The fraction of sp³-hybridized carbons (Fsp3) is 0.455. The molecule has 1 N–H and O–H groups in total. The molecule has 0 aromatic heterocycles. The van der Waals surface area contributed by atoms with Crippen LogP contribution in [0.15, 0.2) is 18.2 Å². The van der Waals surface area contributed by atoms with E-state index in [9.17, 15) is 8.78 Å². The SMILES string of the molecule is Fc1ccc(OC[C@H]2CNCCO2)cc1F. The smallest absolute Gasteiger partial charge is 0.162 e. The van der Waals surface area contributed by atoms with Crippen molar-refractivity contribution in [2.75, 3.05) is 26.3 Å². The highest BCUT2D eigenvalue weighted by atomic mass is 19.2. The van der Waals surface area contributed by atoms with E-state index in [4.69, 9.17) is 9.47 Å². The van der Waals surface area contributed by atoms with E-state index in [0.29, 0.717) is 25.5 Å². The van der Waals surface area contributed by atoms with Gasteiger partial charge >= 0.3 is 0 Å². The molecule has 1 fully saturated rings. The molecule has 1 saturated heterocycles. The van der Waals surface area contributed by atoms with E-state index in [2.05, 4.69) is 5.32 Å². The van der Waals surface area contributed by atoms with Crippen molar-refractivity contribution in [1.29, 1.82) is 0 Å². The topological polar surface area (TPSA) is 30.5 Å². The van der Waals surface area contributed by atoms with Gasteiger partial charge in [-0.05, 0) is 12.1 Å². The first-order valence-electron chi connectivity index (χ1n) is 5.16. The molecule has 0 spiro atoms. The van der Waals surface area contributed by atoms with Gasteiger partial charge in [0.25, 0.3) is 0 Å². The summed E-state index contributed by atoms with van der Waals surface area (Å²) in [6.45, 7) is 2.52. The zero-order valence-electron chi connectivity index (χ0n) is 8.71. The number of halogens is 2. The summed E-state index contributed by atoms with van der Waals surface area (Å²) in [5.74, 6) is -1.46. The third-order valence-corrected chi connectivity index (χ3v) is 2.33. The molecule has 0 aliphatic carbocycles. The van der Waals surface area contributed by atoms with Gasteiger partial charge in [-0.1, -0.05) is 0 Å². The summed E-state index contributed by atoms with van der Waals surface area (Å²) in [5.41, 5.74) is 0. The van der Waals surface area contributed by atoms with Crippen LogP contribution in [0.2, 0.25) is 0 Å². The van der Waals surface area contributed by atoms with Crippen LogP contribution in [-0.2, 0) is 4.74 Å². The predicted molar refractivity (Wildman–Crippen MR) is 54.5 cm³/mol. The lowest BCUT2D eigenvalue weighted by molar-refractivity contribution is 0.000117. The molecule has 0 radical (unpaired) electrons. The first-order valence-corrected chi connectivity index (χ1v) is 5.16. The third kappa shape index (κ3) is 2.90. The van der Waals surface area contributed by atoms with Crippen molar-refractivity contribution in [3.63, 3.8) is 0 Å². The maximum Gasteiger partial charge on any atom is 0.162 e. The largest absolute Gasteiger partial charge is 0.491 e. The Bertz CT molecular complexity index is 354. The van der Waals surface area contributed by atoms with Crippen molar-refractivity contribution in [3.05, 3.63) is 29.8 Å². The van der Waals surface area contributed by atoms with E-state index in [1.165, 1.54) is 6.07 Å². The van der Waals surface area contributed by atoms with Crippen LogP contribution in [0.25, 0.3) is 0 Å². The molecule has 1 aromatic carbocycles. The second-order valence-corrected chi connectivity index (χ2v) is 3.58. The number of benzene rings is 1. The van der Waals surface area contributed by atoms with Gasteiger partial charge in [-0.2, -0.15) is 0 Å². The van der Waals surface area contributed by atoms with Crippen molar-refractivity contribution in [2.45, 2.75) is 6.10 Å². The van der Waals surface area contributed by atoms with Crippen LogP contribution in [0.4, 0.5) is 8.78 Å². The zero-order valence-corrected chi connectivity index (χ0v) is 8.71. The Morgan fingerprint density at radius 2 is 2.25 bits per heavy atom. The summed E-state index contributed by atoms with van der Waals surface area (Å²) in [4.78, 5) is 0. The Morgan fingerprint density at radius 1 is 1.38 bits per heavy atom. The molecule has 5 heteroatoms. The predicted octanol–water partition coefficient (Wildman–Crippen LogP) is 1.33.